The van der Waals surface area contributed by atoms with Crippen molar-refractivity contribution < 1.29 is 37.7 Å². The lowest BCUT2D eigenvalue weighted by Gasteiger charge is -2.33. The Kier molecular flexibility index (Phi) is 6.76. The SMILES string of the molecule is O=C(NC(Cc1ccc(O)cc1)C(=O)N1CCC=C2OCC(=O)C21)c1ccc(OC(F)F)cc1. The van der Waals surface area contributed by atoms with Gasteiger partial charge in [0.05, 0.1) is 0 Å². The van der Waals surface area contributed by atoms with Crippen molar-refractivity contribution in [3.63, 3.8) is 0 Å². The molecule has 2 heterocycles. The molecule has 2 unspecified atom stereocenters. The maximum Gasteiger partial charge on any atom is 0.387 e. The number of phenols is 1. The summed E-state index contributed by atoms with van der Waals surface area (Å²) >= 11 is 0. The summed E-state index contributed by atoms with van der Waals surface area (Å²) < 4.78 is 34.4. The maximum absolute atomic E-state index is 13.5. The minimum atomic E-state index is -2.99. The van der Waals surface area contributed by atoms with E-state index in [1.165, 1.54) is 41.3 Å². The van der Waals surface area contributed by atoms with Gasteiger partial charge in [-0.05, 0) is 54.5 Å². The lowest BCUT2D eigenvalue weighted by atomic mass is 10.00. The minimum absolute atomic E-state index is 0.0567. The van der Waals surface area contributed by atoms with Crippen molar-refractivity contribution >= 4 is 17.6 Å². The second-order valence-corrected chi connectivity index (χ2v) is 7.88. The Bertz CT molecular complexity index is 1100. The molecule has 2 aliphatic rings. The fourth-order valence-corrected chi connectivity index (χ4v) is 3.98. The number of aromatic hydroxyl groups is 1. The van der Waals surface area contributed by atoms with Crippen LogP contribution in [0.3, 0.4) is 0 Å². The highest BCUT2D eigenvalue weighted by Gasteiger charge is 2.42. The second kappa shape index (κ2) is 9.90. The molecule has 4 rings (SSSR count). The monoisotopic (exact) mass is 472 g/mol. The summed E-state index contributed by atoms with van der Waals surface area (Å²) in [7, 11) is 0. The van der Waals surface area contributed by atoms with E-state index in [-0.39, 0.29) is 35.9 Å². The molecule has 2 N–H and O–H groups in total. The van der Waals surface area contributed by atoms with Gasteiger partial charge in [-0.15, -0.1) is 0 Å². The molecular weight excluding hydrogens is 450 g/mol. The van der Waals surface area contributed by atoms with Crippen LogP contribution in [0.25, 0.3) is 0 Å². The van der Waals surface area contributed by atoms with E-state index in [9.17, 15) is 28.3 Å². The zero-order valence-corrected chi connectivity index (χ0v) is 17.9. The predicted octanol–water partition coefficient (Wildman–Crippen LogP) is 2.42. The molecule has 8 nitrogen and oxygen atoms in total. The van der Waals surface area contributed by atoms with Gasteiger partial charge in [-0.25, -0.2) is 0 Å². The molecule has 2 aliphatic heterocycles. The maximum atomic E-state index is 13.5. The highest BCUT2D eigenvalue weighted by molar-refractivity contribution is 5.99. The first-order valence-corrected chi connectivity index (χ1v) is 10.6. The summed E-state index contributed by atoms with van der Waals surface area (Å²) in [5, 5.41) is 12.2. The van der Waals surface area contributed by atoms with Crippen LogP contribution >= 0.6 is 0 Å². The number of hydrogen-bond donors (Lipinski definition) is 2. The van der Waals surface area contributed by atoms with Crippen LogP contribution in [0.4, 0.5) is 8.78 Å². The van der Waals surface area contributed by atoms with Gasteiger partial charge in [0, 0.05) is 18.5 Å². The topological polar surface area (TPSA) is 105 Å². The summed E-state index contributed by atoms with van der Waals surface area (Å²) in [6.07, 6.45) is 2.40. The molecule has 1 saturated heterocycles. The molecule has 2 aromatic carbocycles. The molecule has 1 fully saturated rings. The summed E-state index contributed by atoms with van der Waals surface area (Å²) in [5.74, 6) is -0.884. The molecule has 2 amide bonds. The van der Waals surface area contributed by atoms with Crippen molar-refractivity contribution in [2.75, 3.05) is 13.2 Å². The number of Topliss-reactive ketones (excluding diaryl/α,β-unsaturated/α-hetero) is 1. The van der Waals surface area contributed by atoms with Gasteiger partial charge in [-0.1, -0.05) is 12.1 Å². The van der Waals surface area contributed by atoms with Crippen molar-refractivity contribution in [1.29, 1.82) is 0 Å². The average molecular weight is 472 g/mol. The first kappa shape index (κ1) is 23.2. The van der Waals surface area contributed by atoms with Crippen LogP contribution in [0.1, 0.15) is 22.3 Å². The lowest BCUT2D eigenvalue weighted by molar-refractivity contribution is -0.139. The van der Waals surface area contributed by atoms with Crippen molar-refractivity contribution in [3.8, 4) is 11.5 Å². The van der Waals surface area contributed by atoms with Crippen molar-refractivity contribution in [1.82, 2.24) is 10.2 Å². The van der Waals surface area contributed by atoms with Gasteiger partial charge >= 0.3 is 6.61 Å². The van der Waals surface area contributed by atoms with Gasteiger partial charge in [-0.2, -0.15) is 8.78 Å². The number of ketones is 1. The number of nitrogens with one attached hydrogen (secondary N) is 1. The second-order valence-electron chi connectivity index (χ2n) is 7.88. The fraction of sp³-hybridized carbons (Fsp3) is 0.292. The number of phenolic OH excluding ortho intramolecular Hbond substituents is 1. The van der Waals surface area contributed by atoms with Gasteiger partial charge < -0.3 is 24.8 Å². The minimum Gasteiger partial charge on any atom is -0.508 e. The third kappa shape index (κ3) is 5.16. The van der Waals surface area contributed by atoms with Crippen LogP contribution in [0.2, 0.25) is 0 Å². The van der Waals surface area contributed by atoms with Gasteiger partial charge in [0.2, 0.25) is 5.91 Å². The van der Waals surface area contributed by atoms with Crippen LogP contribution in [-0.2, 0) is 20.7 Å². The first-order valence-electron chi connectivity index (χ1n) is 10.6. The molecule has 10 heteroatoms. The Morgan fingerprint density at radius 1 is 1.15 bits per heavy atom. The average Bonchev–Trinajstić information content (AvgIpc) is 3.20. The number of nitrogens with zero attached hydrogens (tertiary/aromatic N) is 1. The van der Waals surface area contributed by atoms with E-state index < -0.39 is 30.5 Å². The largest absolute Gasteiger partial charge is 0.508 e. The molecule has 0 saturated carbocycles. The van der Waals surface area contributed by atoms with Gasteiger partial charge in [0.15, 0.2) is 11.8 Å². The van der Waals surface area contributed by atoms with Crippen LogP contribution in [0.15, 0.2) is 60.4 Å². The van der Waals surface area contributed by atoms with E-state index in [1.54, 1.807) is 18.2 Å². The number of benzene rings is 2. The summed E-state index contributed by atoms with van der Waals surface area (Å²) in [4.78, 5) is 40.2. The predicted molar refractivity (Wildman–Crippen MR) is 115 cm³/mol. The third-order valence-corrected chi connectivity index (χ3v) is 5.59. The number of amides is 2. The highest BCUT2D eigenvalue weighted by atomic mass is 19.3. The first-order chi connectivity index (χ1) is 16.3. The van der Waals surface area contributed by atoms with E-state index >= 15 is 0 Å². The van der Waals surface area contributed by atoms with Crippen LogP contribution in [0, 0.1) is 0 Å². The Hall–Kier alpha value is -3.95. The number of halogens is 2. The van der Waals surface area contributed by atoms with E-state index in [0.29, 0.717) is 24.3 Å². The lowest BCUT2D eigenvalue weighted by Crippen LogP contribution is -2.55. The van der Waals surface area contributed by atoms with Crippen molar-refractivity contribution in [2.24, 2.45) is 0 Å². The van der Waals surface area contributed by atoms with Gasteiger partial charge in [-0.3, -0.25) is 14.4 Å². The van der Waals surface area contributed by atoms with Gasteiger partial charge in [0.1, 0.15) is 29.9 Å². The summed E-state index contributed by atoms with van der Waals surface area (Å²) in [6.45, 7) is -2.80. The molecule has 178 valence electrons. The third-order valence-electron chi connectivity index (χ3n) is 5.59. The number of carbonyl (C=O) groups excluding carboxylic acids is 3. The quantitative estimate of drug-likeness (QED) is 0.642. The molecule has 2 atom stereocenters. The molecular formula is C24H22F2N2O6. The normalized spacial score (nSPS) is 18.1. The number of fused-ring (bicyclic) bond motifs is 1. The number of carbonyl (C=O) groups is 3. The van der Waals surface area contributed by atoms with Crippen LogP contribution in [0.5, 0.6) is 11.5 Å². The molecule has 0 radical (unpaired) electrons. The van der Waals surface area contributed by atoms with E-state index in [1.807, 2.05) is 0 Å². The smallest absolute Gasteiger partial charge is 0.387 e. The molecule has 2 aromatic rings. The molecule has 34 heavy (non-hydrogen) atoms. The summed E-state index contributed by atoms with van der Waals surface area (Å²) in [6, 6.07) is 9.44. The Labute approximate surface area is 193 Å². The Balaban J connectivity index is 1.55. The van der Waals surface area contributed by atoms with E-state index in [4.69, 9.17) is 4.74 Å². The number of rotatable bonds is 7. The van der Waals surface area contributed by atoms with E-state index in [0.717, 1.165) is 0 Å². The van der Waals surface area contributed by atoms with Crippen LogP contribution < -0.4 is 10.1 Å². The van der Waals surface area contributed by atoms with Gasteiger partial charge in [0.25, 0.3) is 5.91 Å². The zero-order valence-electron chi connectivity index (χ0n) is 17.9. The van der Waals surface area contributed by atoms with Crippen molar-refractivity contribution in [3.05, 3.63) is 71.5 Å². The molecule has 0 aliphatic carbocycles. The number of ether oxygens (including phenoxy) is 2. The Morgan fingerprint density at radius 2 is 1.85 bits per heavy atom. The number of alkyl halides is 2. The molecule has 0 aromatic heterocycles. The highest BCUT2D eigenvalue weighted by Crippen LogP contribution is 2.27. The fourth-order valence-electron chi connectivity index (χ4n) is 3.98. The molecule has 0 spiro atoms. The summed E-state index contributed by atoms with van der Waals surface area (Å²) in [5.41, 5.74) is 0.823. The van der Waals surface area contributed by atoms with Crippen molar-refractivity contribution in [2.45, 2.75) is 31.5 Å². The zero-order chi connectivity index (χ0) is 24.2. The van der Waals surface area contributed by atoms with E-state index in [2.05, 4.69) is 10.1 Å². The standard InChI is InChI=1S/C24H22F2N2O6/c25-24(26)34-17-9-5-15(6-10-17)22(31)27-18(12-14-3-7-16(29)8-4-14)23(32)28-11-1-2-20-21(28)19(30)13-33-20/h2-10,18,21,24,29H,1,11-13H2,(H,27,31). The number of hydrogen-bond acceptors (Lipinski definition) is 6. The molecule has 0 bridgehead atoms. The Morgan fingerprint density at radius 3 is 2.53 bits per heavy atom. The van der Waals surface area contributed by atoms with Crippen LogP contribution in [-0.4, -0.2) is 59.5 Å².